The Hall–Kier alpha value is -1.07. The summed E-state index contributed by atoms with van der Waals surface area (Å²) >= 11 is 9.47. The van der Waals surface area contributed by atoms with Crippen molar-refractivity contribution >= 4 is 27.5 Å². The number of rotatable bonds is 12. The molecule has 0 aliphatic heterocycles. The Morgan fingerprint density at radius 1 is 1.04 bits per heavy atom. The van der Waals surface area contributed by atoms with Crippen LogP contribution in [0.2, 0.25) is 5.02 Å². The SMILES string of the molecule is CCCCOCCCNCc1cc(Br)ccc1OCc1ccc(Cl)cc1. The predicted octanol–water partition coefficient (Wildman–Crippen LogP) is 5.98. The number of unbranched alkanes of at least 4 members (excludes halogenated alkanes) is 1. The molecule has 0 aliphatic rings. The first-order valence-electron chi connectivity index (χ1n) is 9.13. The normalized spacial score (nSPS) is 10.9. The van der Waals surface area contributed by atoms with E-state index in [1.165, 1.54) is 6.42 Å². The highest BCUT2D eigenvalue weighted by Gasteiger charge is 2.05. The summed E-state index contributed by atoms with van der Waals surface area (Å²) in [5.41, 5.74) is 2.24. The van der Waals surface area contributed by atoms with E-state index in [9.17, 15) is 0 Å². The molecular weight excluding hydrogens is 414 g/mol. The van der Waals surface area contributed by atoms with Crippen molar-refractivity contribution in [1.29, 1.82) is 0 Å². The molecule has 142 valence electrons. The highest BCUT2D eigenvalue weighted by Crippen LogP contribution is 2.24. The first-order valence-corrected chi connectivity index (χ1v) is 10.3. The van der Waals surface area contributed by atoms with Crippen LogP contribution in [0.1, 0.15) is 37.3 Å². The zero-order valence-electron chi connectivity index (χ0n) is 15.3. The number of hydrogen-bond acceptors (Lipinski definition) is 3. The third-order valence-electron chi connectivity index (χ3n) is 3.93. The predicted molar refractivity (Wildman–Crippen MR) is 112 cm³/mol. The average Bonchev–Trinajstić information content (AvgIpc) is 2.64. The van der Waals surface area contributed by atoms with Gasteiger partial charge in [0.15, 0.2) is 0 Å². The van der Waals surface area contributed by atoms with Gasteiger partial charge in [-0.1, -0.05) is 53.0 Å². The Balaban J connectivity index is 1.78. The lowest BCUT2D eigenvalue weighted by atomic mass is 10.2. The standard InChI is InChI=1S/C21H27BrClNO2/c1-2-3-12-25-13-4-11-24-15-18-14-19(22)7-10-21(18)26-16-17-5-8-20(23)9-6-17/h5-10,14,24H,2-4,11-13,15-16H2,1H3. The summed E-state index contributed by atoms with van der Waals surface area (Å²) in [6, 6.07) is 13.8. The van der Waals surface area contributed by atoms with Crippen LogP contribution in [0.4, 0.5) is 0 Å². The van der Waals surface area contributed by atoms with Gasteiger partial charge in [-0.3, -0.25) is 0 Å². The van der Waals surface area contributed by atoms with E-state index in [0.29, 0.717) is 6.61 Å². The molecule has 0 spiro atoms. The van der Waals surface area contributed by atoms with E-state index in [4.69, 9.17) is 21.1 Å². The van der Waals surface area contributed by atoms with E-state index >= 15 is 0 Å². The summed E-state index contributed by atoms with van der Waals surface area (Å²) in [5.74, 6) is 0.898. The van der Waals surface area contributed by atoms with Gasteiger partial charge in [-0.05, 0) is 55.3 Å². The molecule has 0 bridgehead atoms. The molecule has 0 aromatic heterocycles. The molecule has 0 heterocycles. The van der Waals surface area contributed by atoms with Gasteiger partial charge in [0, 0.05) is 34.8 Å². The summed E-state index contributed by atoms with van der Waals surface area (Å²) in [5, 5.41) is 4.20. The first kappa shape index (κ1) is 21.2. The van der Waals surface area contributed by atoms with Crippen LogP contribution in [0.3, 0.4) is 0 Å². The fraction of sp³-hybridized carbons (Fsp3) is 0.429. The van der Waals surface area contributed by atoms with Gasteiger partial charge in [0.1, 0.15) is 12.4 Å². The van der Waals surface area contributed by atoms with Crippen molar-refractivity contribution in [2.24, 2.45) is 0 Å². The van der Waals surface area contributed by atoms with E-state index in [1.54, 1.807) is 0 Å². The van der Waals surface area contributed by atoms with Crippen LogP contribution in [0.5, 0.6) is 5.75 Å². The van der Waals surface area contributed by atoms with Crippen LogP contribution >= 0.6 is 27.5 Å². The summed E-state index contributed by atoms with van der Waals surface area (Å²) in [4.78, 5) is 0. The largest absolute Gasteiger partial charge is 0.489 e. The quantitative estimate of drug-likeness (QED) is 0.412. The van der Waals surface area contributed by atoms with Crippen LogP contribution in [0.25, 0.3) is 0 Å². The lowest BCUT2D eigenvalue weighted by molar-refractivity contribution is 0.128. The maximum atomic E-state index is 6.01. The molecule has 0 saturated heterocycles. The minimum atomic E-state index is 0.525. The molecule has 0 atom stereocenters. The molecule has 0 fully saturated rings. The van der Waals surface area contributed by atoms with Gasteiger partial charge in [-0.25, -0.2) is 0 Å². The van der Waals surface area contributed by atoms with E-state index in [1.807, 2.05) is 36.4 Å². The Morgan fingerprint density at radius 3 is 2.58 bits per heavy atom. The van der Waals surface area contributed by atoms with E-state index in [-0.39, 0.29) is 0 Å². The highest BCUT2D eigenvalue weighted by molar-refractivity contribution is 9.10. The van der Waals surface area contributed by atoms with E-state index < -0.39 is 0 Å². The zero-order chi connectivity index (χ0) is 18.6. The first-order chi connectivity index (χ1) is 12.7. The van der Waals surface area contributed by atoms with Gasteiger partial charge < -0.3 is 14.8 Å². The molecule has 1 N–H and O–H groups in total. The van der Waals surface area contributed by atoms with Gasteiger partial charge in [0.25, 0.3) is 0 Å². The molecule has 0 radical (unpaired) electrons. The fourth-order valence-corrected chi connectivity index (χ4v) is 2.97. The van der Waals surface area contributed by atoms with Crippen LogP contribution in [0.15, 0.2) is 46.9 Å². The van der Waals surface area contributed by atoms with Crippen LogP contribution < -0.4 is 10.1 Å². The molecular formula is C21H27BrClNO2. The number of benzene rings is 2. The average molecular weight is 441 g/mol. The number of halogens is 2. The number of hydrogen-bond donors (Lipinski definition) is 1. The Labute approximate surface area is 170 Å². The molecule has 0 saturated carbocycles. The highest BCUT2D eigenvalue weighted by atomic mass is 79.9. The molecule has 2 rings (SSSR count). The summed E-state index contributed by atoms with van der Waals surface area (Å²) in [6.07, 6.45) is 3.33. The number of nitrogens with one attached hydrogen (secondary N) is 1. The minimum Gasteiger partial charge on any atom is -0.489 e. The molecule has 2 aromatic rings. The molecule has 3 nitrogen and oxygen atoms in total. The van der Waals surface area contributed by atoms with Crippen molar-refractivity contribution in [3.63, 3.8) is 0 Å². The van der Waals surface area contributed by atoms with Crippen molar-refractivity contribution in [3.8, 4) is 5.75 Å². The van der Waals surface area contributed by atoms with Crippen LogP contribution in [0, 0.1) is 0 Å². The lowest BCUT2D eigenvalue weighted by Crippen LogP contribution is -2.17. The second-order valence-corrected chi connectivity index (χ2v) is 7.52. The van der Waals surface area contributed by atoms with Crippen LogP contribution in [-0.4, -0.2) is 19.8 Å². The lowest BCUT2D eigenvalue weighted by Gasteiger charge is -2.13. The Bertz CT molecular complexity index is 649. The van der Waals surface area contributed by atoms with Gasteiger partial charge in [0.2, 0.25) is 0 Å². The topological polar surface area (TPSA) is 30.5 Å². The van der Waals surface area contributed by atoms with Crippen molar-refractivity contribution in [3.05, 3.63) is 63.1 Å². The molecule has 26 heavy (non-hydrogen) atoms. The summed E-state index contributed by atoms with van der Waals surface area (Å²) in [6.45, 7) is 6.07. The van der Waals surface area contributed by atoms with E-state index in [0.717, 1.165) is 65.5 Å². The maximum Gasteiger partial charge on any atom is 0.124 e. The minimum absolute atomic E-state index is 0.525. The zero-order valence-corrected chi connectivity index (χ0v) is 17.6. The second kappa shape index (κ2) is 12.3. The van der Waals surface area contributed by atoms with Gasteiger partial charge in [-0.2, -0.15) is 0 Å². The summed E-state index contributed by atoms with van der Waals surface area (Å²) < 4.78 is 12.6. The molecule has 5 heteroatoms. The van der Waals surface area contributed by atoms with Crippen molar-refractivity contribution in [1.82, 2.24) is 5.32 Å². The number of ether oxygens (including phenoxy) is 2. The molecule has 2 aromatic carbocycles. The monoisotopic (exact) mass is 439 g/mol. The molecule has 0 aliphatic carbocycles. The third kappa shape index (κ3) is 8.09. The van der Waals surface area contributed by atoms with E-state index in [2.05, 4.69) is 34.2 Å². The molecule has 0 amide bonds. The van der Waals surface area contributed by atoms with Crippen LogP contribution in [-0.2, 0) is 17.9 Å². The molecule has 0 unspecified atom stereocenters. The second-order valence-electron chi connectivity index (χ2n) is 6.16. The Morgan fingerprint density at radius 2 is 1.81 bits per heavy atom. The van der Waals surface area contributed by atoms with Crippen molar-refractivity contribution in [2.45, 2.75) is 39.3 Å². The fourth-order valence-electron chi connectivity index (χ4n) is 2.44. The van der Waals surface area contributed by atoms with Gasteiger partial charge >= 0.3 is 0 Å². The summed E-state index contributed by atoms with van der Waals surface area (Å²) in [7, 11) is 0. The van der Waals surface area contributed by atoms with Gasteiger partial charge in [0.05, 0.1) is 0 Å². The van der Waals surface area contributed by atoms with Crippen molar-refractivity contribution in [2.75, 3.05) is 19.8 Å². The van der Waals surface area contributed by atoms with Crippen molar-refractivity contribution < 1.29 is 9.47 Å². The Kier molecular flexibility index (Phi) is 10.1. The maximum absolute atomic E-state index is 6.01. The smallest absolute Gasteiger partial charge is 0.124 e. The van der Waals surface area contributed by atoms with Gasteiger partial charge in [-0.15, -0.1) is 0 Å². The third-order valence-corrected chi connectivity index (χ3v) is 4.68.